The number of halogens is 1. The Kier molecular flexibility index (Phi) is 8.08. The van der Waals surface area contributed by atoms with Crippen molar-refractivity contribution in [2.24, 2.45) is 0 Å². The van der Waals surface area contributed by atoms with Gasteiger partial charge in [-0.15, -0.1) is 0 Å². The minimum absolute atomic E-state index is 0.150. The summed E-state index contributed by atoms with van der Waals surface area (Å²) >= 11 is 3.43. The number of rotatable bonds is 7. The quantitative estimate of drug-likeness (QED) is 0.308. The SMILES string of the molecule is CC(C)(C)OC(=O)N1CCN(CCOc2cc3ncnc(Nc4cccc(Br)c4)c3cc2[N+](=O)[O-])CC1. The van der Waals surface area contributed by atoms with Crippen LogP contribution in [0, 0.1) is 10.1 Å². The first-order valence-electron chi connectivity index (χ1n) is 11.9. The van der Waals surface area contributed by atoms with Crippen molar-refractivity contribution >= 4 is 50.1 Å². The number of carbonyl (C=O) groups excluding carboxylic acids is 1. The Bertz CT molecular complexity index is 1290. The summed E-state index contributed by atoms with van der Waals surface area (Å²) < 4.78 is 12.2. The van der Waals surface area contributed by atoms with Gasteiger partial charge in [-0.25, -0.2) is 14.8 Å². The van der Waals surface area contributed by atoms with Crippen molar-refractivity contribution in [2.45, 2.75) is 26.4 Å². The fraction of sp³-hybridized carbons (Fsp3) is 0.400. The molecule has 1 aromatic heterocycles. The molecule has 2 heterocycles. The predicted octanol–water partition coefficient (Wildman–Crippen LogP) is 4.98. The molecule has 1 N–H and O–H groups in total. The lowest BCUT2D eigenvalue weighted by Gasteiger charge is -2.35. The Balaban J connectivity index is 1.40. The van der Waals surface area contributed by atoms with Gasteiger partial charge in [0.1, 0.15) is 24.4 Å². The minimum Gasteiger partial charge on any atom is -0.485 e. The highest BCUT2D eigenvalue weighted by molar-refractivity contribution is 9.10. The van der Waals surface area contributed by atoms with Crippen molar-refractivity contribution in [1.82, 2.24) is 19.8 Å². The van der Waals surface area contributed by atoms with E-state index in [1.54, 1.807) is 11.0 Å². The average molecular weight is 573 g/mol. The topological polar surface area (TPSA) is 123 Å². The first-order chi connectivity index (χ1) is 17.6. The molecular formula is C25H29BrN6O5. The Morgan fingerprint density at radius 1 is 1.16 bits per heavy atom. The number of hydrogen-bond acceptors (Lipinski definition) is 9. The van der Waals surface area contributed by atoms with Crippen LogP contribution in [0.15, 0.2) is 47.2 Å². The van der Waals surface area contributed by atoms with Crippen molar-refractivity contribution in [3.05, 3.63) is 57.3 Å². The number of fused-ring (bicyclic) bond motifs is 1. The van der Waals surface area contributed by atoms with E-state index in [1.807, 2.05) is 45.0 Å². The number of piperazine rings is 1. The van der Waals surface area contributed by atoms with Gasteiger partial charge in [0.2, 0.25) is 0 Å². The molecule has 12 heteroatoms. The van der Waals surface area contributed by atoms with Gasteiger partial charge in [-0.1, -0.05) is 22.0 Å². The van der Waals surface area contributed by atoms with Gasteiger partial charge in [0.05, 0.1) is 15.8 Å². The van der Waals surface area contributed by atoms with Gasteiger partial charge in [-0.3, -0.25) is 15.0 Å². The summed E-state index contributed by atoms with van der Waals surface area (Å²) in [5.74, 6) is 0.609. The van der Waals surface area contributed by atoms with E-state index in [-0.39, 0.29) is 24.1 Å². The number of ether oxygens (including phenoxy) is 2. The summed E-state index contributed by atoms with van der Waals surface area (Å²) in [6, 6.07) is 10.5. The molecule has 4 rings (SSSR count). The van der Waals surface area contributed by atoms with Gasteiger partial charge in [-0.05, 0) is 39.0 Å². The number of aromatic nitrogens is 2. The number of benzene rings is 2. The van der Waals surface area contributed by atoms with Crippen LogP contribution >= 0.6 is 15.9 Å². The summed E-state index contributed by atoms with van der Waals surface area (Å²) in [5, 5.41) is 15.6. The molecule has 11 nitrogen and oxygen atoms in total. The summed E-state index contributed by atoms with van der Waals surface area (Å²) in [6.45, 7) is 8.79. The molecule has 3 aromatic rings. The van der Waals surface area contributed by atoms with Crippen LogP contribution in [0.3, 0.4) is 0 Å². The highest BCUT2D eigenvalue weighted by atomic mass is 79.9. The fourth-order valence-electron chi connectivity index (χ4n) is 3.90. The van der Waals surface area contributed by atoms with Crippen LogP contribution in [0.2, 0.25) is 0 Å². The van der Waals surface area contributed by atoms with E-state index in [9.17, 15) is 14.9 Å². The molecule has 0 saturated carbocycles. The highest BCUT2D eigenvalue weighted by Crippen LogP contribution is 2.34. The van der Waals surface area contributed by atoms with E-state index in [0.717, 1.165) is 10.2 Å². The zero-order valence-electron chi connectivity index (χ0n) is 20.9. The molecular weight excluding hydrogens is 544 g/mol. The third kappa shape index (κ3) is 7.04. The number of anilines is 2. The van der Waals surface area contributed by atoms with Gasteiger partial charge < -0.3 is 19.7 Å². The Labute approximate surface area is 223 Å². The monoisotopic (exact) mass is 572 g/mol. The lowest BCUT2D eigenvalue weighted by molar-refractivity contribution is -0.385. The molecule has 0 atom stereocenters. The van der Waals surface area contributed by atoms with Crippen LogP contribution < -0.4 is 10.1 Å². The van der Waals surface area contributed by atoms with Gasteiger partial charge in [0.15, 0.2) is 5.75 Å². The fourth-order valence-corrected chi connectivity index (χ4v) is 4.30. The van der Waals surface area contributed by atoms with E-state index in [0.29, 0.717) is 49.4 Å². The van der Waals surface area contributed by atoms with Crippen LogP contribution in [-0.4, -0.2) is 75.7 Å². The number of nitrogens with zero attached hydrogens (tertiary/aromatic N) is 5. The molecule has 0 aliphatic carbocycles. The molecule has 1 saturated heterocycles. The highest BCUT2D eigenvalue weighted by Gasteiger charge is 2.26. The first kappa shape index (κ1) is 26.6. The number of nitrogens with one attached hydrogen (secondary N) is 1. The zero-order valence-corrected chi connectivity index (χ0v) is 22.5. The van der Waals surface area contributed by atoms with E-state index in [2.05, 4.69) is 36.1 Å². The molecule has 1 aliphatic rings. The maximum Gasteiger partial charge on any atom is 0.410 e. The van der Waals surface area contributed by atoms with Crippen molar-refractivity contribution in [1.29, 1.82) is 0 Å². The summed E-state index contributed by atoms with van der Waals surface area (Å²) in [6.07, 6.45) is 1.09. The molecule has 0 bridgehead atoms. The number of amides is 1. The van der Waals surface area contributed by atoms with E-state index in [4.69, 9.17) is 9.47 Å². The maximum atomic E-state index is 12.2. The average Bonchev–Trinajstić information content (AvgIpc) is 2.83. The number of nitro groups is 1. The molecule has 0 unspecified atom stereocenters. The molecule has 37 heavy (non-hydrogen) atoms. The van der Waals surface area contributed by atoms with Gasteiger partial charge in [0.25, 0.3) is 0 Å². The molecule has 1 amide bonds. The summed E-state index contributed by atoms with van der Waals surface area (Å²) in [5.41, 5.74) is 0.620. The van der Waals surface area contributed by atoms with Crippen LogP contribution in [-0.2, 0) is 4.74 Å². The summed E-state index contributed by atoms with van der Waals surface area (Å²) in [4.78, 5) is 36.0. The predicted molar refractivity (Wildman–Crippen MR) is 143 cm³/mol. The molecule has 1 aliphatic heterocycles. The minimum atomic E-state index is -0.531. The van der Waals surface area contributed by atoms with Crippen LogP contribution in [0.5, 0.6) is 5.75 Å². The largest absolute Gasteiger partial charge is 0.485 e. The second-order valence-electron chi connectivity index (χ2n) is 9.61. The molecule has 196 valence electrons. The molecule has 1 fully saturated rings. The number of carbonyl (C=O) groups is 1. The van der Waals surface area contributed by atoms with Crippen LogP contribution in [0.1, 0.15) is 20.8 Å². The van der Waals surface area contributed by atoms with E-state index in [1.165, 1.54) is 12.4 Å². The first-order valence-corrected chi connectivity index (χ1v) is 12.7. The Hall–Kier alpha value is -3.51. The number of hydrogen-bond donors (Lipinski definition) is 1. The third-order valence-electron chi connectivity index (χ3n) is 5.69. The maximum absolute atomic E-state index is 12.2. The van der Waals surface area contributed by atoms with Crippen LogP contribution in [0.4, 0.5) is 22.0 Å². The van der Waals surface area contributed by atoms with E-state index >= 15 is 0 Å². The Morgan fingerprint density at radius 2 is 1.92 bits per heavy atom. The lowest BCUT2D eigenvalue weighted by atomic mass is 10.2. The number of nitro benzene ring substituents is 1. The lowest BCUT2D eigenvalue weighted by Crippen LogP contribution is -2.50. The standard InChI is InChI=1S/C25H29BrN6O5/c1-25(2,3)37-24(33)31-9-7-30(8-10-31)11-12-36-22-15-20-19(14-21(22)32(34)35)23(28-16-27-20)29-18-6-4-5-17(26)13-18/h4-6,13-16H,7-12H2,1-3H3,(H,27,28,29). The van der Waals surface area contributed by atoms with Crippen molar-refractivity contribution in [3.63, 3.8) is 0 Å². The van der Waals surface area contributed by atoms with Gasteiger partial charge >= 0.3 is 11.8 Å². The van der Waals surface area contributed by atoms with Crippen LogP contribution in [0.25, 0.3) is 10.9 Å². The van der Waals surface area contributed by atoms with Crippen molar-refractivity contribution in [3.8, 4) is 5.75 Å². The van der Waals surface area contributed by atoms with Crippen molar-refractivity contribution in [2.75, 3.05) is 44.6 Å². The third-order valence-corrected chi connectivity index (χ3v) is 6.18. The summed E-state index contributed by atoms with van der Waals surface area (Å²) in [7, 11) is 0. The second kappa shape index (κ2) is 11.3. The van der Waals surface area contributed by atoms with E-state index < -0.39 is 10.5 Å². The normalized spacial score (nSPS) is 14.4. The molecule has 2 aromatic carbocycles. The molecule has 0 radical (unpaired) electrons. The van der Waals surface area contributed by atoms with Gasteiger partial charge in [0, 0.05) is 55.0 Å². The van der Waals surface area contributed by atoms with Crippen molar-refractivity contribution < 1.29 is 19.2 Å². The smallest absolute Gasteiger partial charge is 0.410 e. The second-order valence-corrected chi connectivity index (χ2v) is 10.5. The van der Waals surface area contributed by atoms with Gasteiger partial charge in [-0.2, -0.15) is 0 Å². The molecule has 0 spiro atoms. The zero-order chi connectivity index (χ0) is 26.6. The Morgan fingerprint density at radius 3 is 2.59 bits per heavy atom.